The first-order chi connectivity index (χ1) is 8.72. The molecule has 0 amide bonds. The molecule has 2 fully saturated rings. The van der Waals surface area contributed by atoms with E-state index >= 15 is 0 Å². The van der Waals surface area contributed by atoms with Crippen LogP contribution < -0.4 is 5.32 Å². The Morgan fingerprint density at radius 1 is 1.33 bits per heavy atom. The van der Waals surface area contributed by atoms with Crippen molar-refractivity contribution < 1.29 is 0 Å². The quantitative estimate of drug-likeness (QED) is 0.852. The molecule has 2 heterocycles. The molecule has 5 heteroatoms. The summed E-state index contributed by atoms with van der Waals surface area (Å²) in [7, 11) is 4.43. The second-order valence-electron chi connectivity index (χ2n) is 5.72. The molecule has 1 unspecified atom stereocenters. The molecule has 1 aliphatic heterocycles. The summed E-state index contributed by atoms with van der Waals surface area (Å²) in [5.41, 5.74) is 0. The Balaban J connectivity index is 1.65. The average Bonchev–Trinajstić information content (AvgIpc) is 3.05. The predicted octanol–water partition coefficient (Wildman–Crippen LogP) is 0.703. The molecule has 0 bridgehead atoms. The minimum Gasteiger partial charge on any atom is -0.353 e. The van der Waals surface area contributed by atoms with E-state index in [9.17, 15) is 0 Å². The molecule has 2 aliphatic rings. The van der Waals surface area contributed by atoms with E-state index in [1.54, 1.807) is 0 Å². The normalized spacial score (nSPS) is 26.4. The van der Waals surface area contributed by atoms with Crippen molar-refractivity contribution in [2.24, 2.45) is 0 Å². The van der Waals surface area contributed by atoms with E-state index in [1.807, 2.05) is 6.20 Å². The van der Waals surface area contributed by atoms with Gasteiger partial charge < -0.3 is 14.8 Å². The van der Waals surface area contributed by atoms with Crippen molar-refractivity contribution in [2.45, 2.75) is 31.5 Å². The fraction of sp³-hybridized carbons (Fsp3) is 0.769. The number of hydrogen-bond acceptors (Lipinski definition) is 4. The Hall–Kier alpha value is -1.07. The number of nitrogens with one attached hydrogen (secondary N) is 1. The van der Waals surface area contributed by atoms with Gasteiger partial charge >= 0.3 is 0 Å². The molecule has 1 N–H and O–H groups in total. The van der Waals surface area contributed by atoms with Crippen LogP contribution >= 0.6 is 0 Å². The molecule has 18 heavy (non-hydrogen) atoms. The van der Waals surface area contributed by atoms with E-state index in [4.69, 9.17) is 0 Å². The second-order valence-corrected chi connectivity index (χ2v) is 5.72. The first-order valence-electron chi connectivity index (χ1n) is 6.89. The van der Waals surface area contributed by atoms with Crippen LogP contribution in [0.4, 0.5) is 5.95 Å². The van der Waals surface area contributed by atoms with Gasteiger partial charge in [-0.1, -0.05) is 0 Å². The first-order valence-corrected chi connectivity index (χ1v) is 6.89. The lowest BCUT2D eigenvalue weighted by atomic mass is 10.2. The maximum atomic E-state index is 4.43. The van der Waals surface area contributed by atoms with E-state index in [-0.39, 0.29) is 0 Å². The van der Waals surface area contributed by atoms with Crippen LogP contribution in [0.2, 0.25) is 0 Å². The SMILES string of the molecule is CN1CCN(C)C(Cn2ccnc2NC2CC2)C1. The van der Waals surface area contributed by atoms with Crippen LogP contribution in [-0.4, -0.2) is 65.2 Å². The van der Waals surface area contributed by atoms with Gasteiger partial charge in [0, 0.05) is 50.7 Å². The maximum absolute atomic E-state index is 4.43. The fourth-order valence-corrected chi connectivity index (χ4v) is 2.53. The second kappa shape index (κ2) is 4.90. The summed E-state index contributed by atoms with van der Waals surface area (Å²) >= 11 is 0. The third-order valence-corrected chi connectivity index (χ3v) is 4.01. The van der Waals surface area contributed by atoms with Crippen molar-refractivity contribution in [3.63, 3.8) is 0 Å². The van der Waals surface area contributed by atoms with Crippen molar-refractivity contribution in [2.75, 3.05) is 39.0 Å². The number of aromatic nitrogens is 2. The highest BCUT2D eigenvalue weighted by atomic mass is 15.3. The van der Waals surface area contributed by atoms with Crippen LogP contribution in [0.5, 0.6) is 0 Å². The summed E-state index contributed by atoms with van der Waals surface area (Å²) in [6.45, 7) is 4.48. The van der Waals surface area contributed by atoms with Gasteiger partial charge in [0.15, 0.2) is 0 Å². The van der Waals surface area contributed by atoms with Crippen LogP contribution in [0.25, 0.3) is 0 Å². The summed E-state index contributed by atoms with van der Waals surface area (Å²) in [6.07, 6.45) is 6.57. The molecule has 0 spiro atoms. The zero-order chi connectivity index (χ0) is 12.5. The van der Waals surface area contributed by atoms with Gasteiger partial charge in [-0.3, -0.25) is 4.90 Å². The van der Waals surface area contributed by atoms with Gasteiger partial charge in [0.2, 0.25) is 5.95 Å². The topological polar surface area (TPSA) is 36.3 Å². The molecule has 1 saturated heterocycles. The molecular weight excluding hydrogens is 226 g/mol. The zero-order valence-electron chi connectivity index (χ0n) is 11.3. The van der Waals surface area contributed by atoms with Crippen LogP contribution in [0.15, 0.2) is 12.4 Å². The number of rotatable bonds is 4. The third-order valence-electron chi connectivity index (χ3n) is 4.01. The van der Waals surface area contributed by atoms with E-state index in [0.717, 1.165) is 25.6 Å². The highest BCUT2D eigenvalue weighted by Crippen LogP contribution is 2.24. The number of likely N-dealkylation sites (N-methyl/N-ethyl adjacent to an activating group) is 2. The molecule has 100 valence electrons. The first kappa shape index (κ1) is 12.0. The van der Waals surface area contributed by atoms with Gasteiger partial charge in [-0.25, -0.2) is 4.98 Å². The molecule has 1 saturated carbocycles. The summed E-state index contributed by atoms with van der Waals surface area (Å²) < 4.78 is 2.26. The van der Waals surface area contributed by atoms with Crippen molar-refractivity contribution >= 4 is 5.95 Å². The van der Waals surface area contributed by atoms with Crippen molar-refractivity contribution in [1.29, 1.82) is 0 Å². The zero-order valence-corrected chi connectivity index (χ0v) is 11.3. The van der Waals surface area contributed by atoms with E-state index in [1.165, 1.54) is 19.4 Å². The van der Waals surface area contributed by atoms with Gasteiger partial charge in [0.25, 0.3) is 0 Å². The van der Waals surface area contributed by atoms with Crippen molar-refractivity contribution in [3.05, 3.63) is 12.4 Å². The molecule has 5 nitrogen and oxygen atoms in total. The minimum absolute atomic E-state index is 0.581. The smallest absolute Gasteiger partial charge is 0.203 e. The van der Waals surface area contributed by atoms with Crippen molar-refractivity contribution in [1.82, 2.24) is 19.4 Å². The van der Waals surface area contributed by atoms with Gasteiger partial charge in [-0.2, -0.15) is 0 Å². The number of anilines is 1. The minimum atomic E-state index is 0.581. The summed E-state index contributed by atoms with van der Waals surface area (Å²) in [5, 5.41) is 3.50. The highest BCUT2D eigenvalue weighted by molar-refractivity contribution is 5.29. The molecule has 1 aromatic heterocycles. The Kier molecular flexibility index (Phi) is 3.26. The largest absolute Gasteiger partial charge is 0.353 e. The lowest BCUT2D eigenvalue weighted by molar-refractivity contribution is 0.103. The van der Waals surface area contributed by atoms with Crippen molar-refractivity contribution in [3.8, 4) is 0 Å². The molecule has 1 atom stereocenters. The standard InChI is InChI=1S/C13H23N5/c1-16-7-8-17(2)12(9-16)10-18-6-5-14-13(18)15-11-3-4-11/h5-6,11-12H,3-4,7-10H2,1-2H3,(H,14,15). The monoisotopic (exact) mass is 249 g/mol. The number of nitrogens with zero attached hydrogens (tertiary/aromatic N) is 4. The number of piperazine rings is 1. The van der Waals surface area contributed by atoms with Crippen LogP contribution in [0.1, 0.15) is 12.8 Å². The van der Waals surface area contributed by atoms with Gasteiger partial charge in [-0.15, -0.1) is 0 Å². The molecule has 3 rings (SSSR count). The van der Waals surface area contributed by atoms with E-state index in [0.29, 0.717) is 12.1 Å². The summed E-state index contributed by atoms with van der Waals surface area (Å²) in [4.78, 5) is 9.30. The van der Waals surface area contributed by atoms with Crippen LogP contribution in [-0.2, 0) is 6.54 Å². The average molecular weight is 249 g/mol. The number of imidazole rings is 1. The number of hydrogen-bond donors (Lipinski definition) is 1. The molecule has 0 aromatic carbocycles. The lowest BCUT2D eigenvalue weighted by Crippen LogP contribution is -2.51. The molecule has 0 radical (unpaired) electrons. The third kappa shape index (κ3) is 2.67. The molecular formula is C13H23N5. The van der Waals surface area contributed by atoms with Crippen LogP contribution in [0, 0.1) is 0 Å². The van der Waals surface area contributed by atoms with Gasteiger partial charge in [-0.05, 0) is 26.9 Å². The summed E-state index contributed by atoms with van der Waals surface area (Å²) in [6, 6.07) is 1.25. The molecule has 1 aromatic rings. The highest BCUT2D eigenvalue weighted by Gasteiger charge is 2.25. The Bertz CT molecular complexity index is 398. The Labute approximate surface area is 109 Å². The van der Waals surface area contributed by atoms with E-state index in [2.05, 4.69) is 45.0 Å². The molecule has 1 aliphatic carbocycles. The van der Waals surface area contributed by atoms with Crippen LogP contribution in [0.3, 0.4) is 0 Å². The van der Waals surface area contributed by atoms with Gasteiger partial charge in [0.1, 0.15) is 0 Å². The fourth-order valence-electron chi connectivity index (χ4n) is 2.53. The predicted molar refractivity (Wildman–Crippen MR) is 72.8 cm³/mol. The Morgan fingerprint density at radius 2 is 2.17 bits per heavy atom. The Morgan fingerprint density at radius 3 is 2.94 bits per heavy atom. The summed E-state index contributed by atoms with van der Waals surface area (Å²) in [5.74, 6) is 1.04. The maximum Gasteiger partial charge on any atom is 0.203 e. The lowest BCUT2D eigenvalue weighted by Gasteiger charge is -2.38. The van der Waals surface area contributed by atoms with Gasteiger partial charge in [0.05, 0.1) is 0 Å². The van der Waals surface area contributed by atoms with E-state index < -0.39 is 0 Å².